The van der Waals surface area contributed by atoms with Crippen molar-refractivity contribution in [2.45, 2.75) is 0 Å². The molecule has 2 heterocycles. The Morgan fingerprint density at radius 3 is 1.61 bits per heavy atom. The maximum Gasteiger partial charge on any atom is 0.0462 e. The van der Waals surface area contributed by atoms with Gasteiger partial charge in [-0.2, -0.15) is 0 Å². The monoisotopic (exact) mass is 604 g/mol. The highest BCUT2D eigenvalue weighted by Crippen LogP contribution is 2.49. The predicted octanol–water partition coefficient (Wildman–Crippen LogP) is 12.6. The quantitative estimate of drug-likeness (QED) is 0.182. The second-order valence-electron chi connectivity index (χ2n) is 11.5. The van der Waals surface area contributed by atoms with Gasteiger partial charge < -0.3 is 4.90 Å². The third-order valence-corrected chi connectivity index (χ3v) is 10.1. The second-order valence-corrected chi connectivity index (χ2v) is 12.6. The maximum absolute atomic E-state index is 4.37. The molecule has 2 aromatic heterocycles. The molecule has 0 fully saturated rings. The fraction of sp³-hybridized carbons (Fsp3) is 0. The van der Waals surface area contributed by atoms with Gasteiger partial charge >= 0.3 is 0 Å². The molecule has 216 valence electrons. The number of aromatic nitrogens is 1. The van der Waals surface area contributed by atoms with Crippen molar-refractivity contribution in [3.05, 3.63) is 170 Å². The summed E-state index contributed by atoms with van der Waals surface area (Å²) in [6.07, 6.45) is 3.79. The van der Waals surface area contributed by atoms with Crippen molar-refractivity contribution in [3.8, 4) is 22.3 Å². The summed E-state index contributed by atoms with van der Waals surface area (Å²) < 4.78 is 2.66. The van der Waals surface area contributed by atoms with Crippen molar-refractivity contribution in [1.29, 1.82) is 0 Å². The van der Waals surface area contributed by atoms with Crippen LogP contribution in [0.5, 0.6) is 0 Å². The maximum atomic E-state index is 4.37. The third-order valence-electron chi connectivity index (χ3n) is 8.94. The van der Waals surface area contributed by atoms with Gasteiger partial charge in [-0.25, -0.2) is 0 Å². The van der Waals surface area contributed by atoms with Crippen molar-refractivity contribution < 1.29 is 0 Å². The largest absolute Gasteiger partial charge is 0.311 e. The van der Waals surface area contributed by atoms with Crippen LogP contribution in [-0.4, -0.2) is 4.98 Å². The Kier molecular flexibility index (Phi) is 6.36. The van der Waals surface area contributed by atoms with Gasteiger partial charge in [0.05, 0.1) is 0 Å². The van der Waals surface area contributed by atoms with E-state index in [1.807, 2.05) is 23.7 Å². The number of rotatable bonds is 5. The van der Waals surface area contributed by atoms with Crippen LogP contribution in [-0.2, 0) is 0 Å². The van der Waals surface area contributed by atoms with Gasteiger partial charge in [0.2, 0.25) is 0 Å². The minimum absolute atomic E-state index is 1.11. The zero-order valence-corrected chi connectivity index (χ0v) is 25.8. The van der Waals surface area contributed by atoms with Crippen LogP contribution in [0.15, 0.2) is 170 Å². The molecular formula is C43H28N2S. The van der Waals surface area contributed by atoms with Gasteiger partial charge in [0.15, 0.2) is 0 Å². The average molecular weight is 605 g/mol. The van der Waals surface area contributed by atoms with Crippen LogP contribution in [0.1, 0.15) is 0 Å². The van der Waals surface area contributed by atoms with Crippen LogP contribution < -0.4 is 4.90 Å². The molecule has 0 saturated heterocycles. The van der Waals surface area contributed by atoms with Gasteiger partial charge in [0.1, 0.15) is 0 Å². The predicted molar refractivity (Wildman–Crippen MR) is 198 cm³/mol. The van der Waals surface area contributed by atoms with Gasteiger partial charge in [-0.15, -0.1) is 11.3 Å². The van der Waals surface area contributed by atoms with E-state index in [9.17, 15) is 0 Å². The summed E-state index contributed by atoms with van der Waals surface area (Å²) in [7, 11) is 0. The number of anilines is 3. The molecule has 0 bridgehead atoms. The smallest absolute Gasteiger partial charge is 0.0462 e. The molecule has 46 heavy (non-hydrogen) atoms. The van der Waals surface area contributed by atoms with Crippen molar-refractivity contribution >= 4 is 70.1 Å². The minimum Gasteiger partial charge on any atom is -0.311 e. The highest BCUT2D eigenvalue weighted by molar-refractivity contribution is 7.26. The molecule has 0 radical (unpaired) electrons. The Labute approximate surface area is 271 Å². The summed E-state index contributed by atoms with van der Waals surface area (Å²) in [4.78, 5) is 6.68. The standard InChI is InChI=1S/C43H28N2S/c1-3-11-31(12-4-1)45(32-13-5-2-6-14-32)33-21-19-29(20-22-33)41-38-24-23-37-34-15-9-10-18-39(34)46-43(37)42(38)36-17-8-7-16-35(36)40(41)30-25-27-44-28-26-30/h1-28H. The van der Waals surface area contributed by atoms with Crippen LogP contribution >= 0.6 is 11.3 Å². The molecule has 0 aliphatic carbocycles. The molecule has 9 aromatic rings. The zero-order chi connectivity index (χ0) is 30.5. The molecule has 0 atom stereocenters. The van der Waals surface area contributed by atoms with E-state index in [0.29, 0.717) is 0 Å². The van der Waals surface area contributed by atoms with Gasteiger partial charge in [-0.3, -0.25) is 4.98 Å². The molecule has 7 aromatic carbocycles. The van der Waals surface area contributed by atoms with Crippen LogP contribution in [0.2, 0.25) is 0 Å². The number of thiophene rings is 1. The molecule has 0 aliphatic heterocycles. The Balaban J connectivity index is 1.34. The minimum atomic E-state index is 1.11. The van der Waals surface area contributed by atoms with E-state index in [1.54, 1.807) is 0 Å². The van der Waals surface area contributed by atoms with Crippen molar-refractivity contribution in [2.24, 2.45) is 0 Å². The molecule has 2 nitrogen and oxygen atoms in total. The first-order chi connectivity index (χ1) is 22.8. The van der Waals surface area contributed by atoms with Crippen LogP contribution in [0.4, 0.5) is 17.1 Å². The van der Waals surface area contributed by atoms with Crippen molar-refractivity contribution in [2.75, 3.05) is 4.90 Å². The Bertz CT molecular complexity index is 2460. The van der Waals surface area contributed by atoms with E-state index >= 15 is 0 Å². The fourth-order valence-corrected chi connectivity index (χ4v) is 8.21. The Hall–Kier alpha value is -5.77. The summed E-state index contributed by atoms with van der Waals surface area (Å²) >= 11 is 1.90. The number of hydrogen-bond acceptors (Lipinski definition) is 3. The van der Waals surface area contributed by atoms with Gasteiger partial charge in [0, 0.05) is 55.0 Å². The number of fused-ring (bicyclic) bond motifs is 7. The van der Waals surface area contributed by atoms with Gasteiger partial charge in [0.25, 0.3) is 0 Å². The van der Waals surface area contributed by atoms with Crippen molar-refractivity contribution in [1.82, 2.24) is 4.98 Å². The number of para-hydroxylation sites is 2. The van der Waals surface area contributed by atoms with Gasteiger partial charge in [-0.05, 0) is 93.0 Å². The summed E-state index contributed by atoms with van der Waals surface area (Å²) in [6.45, 7) is 0. The lowest BCUT2D eigenvalue weighted by Gasteiger charge is -2.26. The first kappa shape index (κ1) is 26.6. The first-order valence-electron chi connectivity index (χ1n) is 15.5. The molecule has 0 spiro atoms. The highest BCUT2D eigenvalue weighted by Gasteiger charge is 2.21. The molecule has 0 aliphatic rings. The third kappa shape index (κ3) is 4.28. The van der Waals surface area contributed by atoms with Gasteiger partial charge in [-0.1, -0.05) is 103 Å². The number of pyridine rings is 1. The zero-order valence-electron chi connectivity index (χ0n) is 25.0. The van der Waals surface area contributed by atoms with E-state index in [0.717, 1.165) is 17.1 Å². The SMILES string of the molecule is c1ccc(N(c2ccccc2)c2ccc(-c3c(-c4ccncc4)c4ccccc4c4c3ccc3c5ccccc5sc34)cc2)cc1. The summed E-state index contributed by atoms with van der Waals surface area (Å²) in [5, 5.41) is 7.75. The van der Waals surface area contributed by atoms with E-state index in [4.69, 9.17) is 0 Å². The highest BCUT2D eigenvalue weighted by atomic mass is 32.1. The molecule has 0 amide bonds. The van der Waals surface area contributed by atoms with E-state index in [2.05, 4.69) is 168 Å². The summed E-state index contributed by atoms with van der Waals surface area (Å²) in [5.41, 5.74) is 8.21. The number of benzene rings is 7. The second kappa shape index (κ2) is 11.0. The summed E-state index contributed by atoms with van der Waals surface area (Å²) in [6, 6.07) is 56.8. The van der Waals surface area contributed by atoms with E-state index in [-0.39, 0.29) is 0 Å². The van der Waals surface area contributed by atoms with Crippen LogP contribution in [0, 0.1) is 0 Å². The molecular weight excluding hydrogens is 577 g/mol. The summed E-state index contributed by atoms with van der Waals surface area (Å²) in [5.74, 6) is 0. The molecule has 0 unspecified atom stereocenters. The van der Waals surface area contributed by atoms with Crippen LogP contribution in [0.25, 0.3) is 64.0 Å². The average Bonchev–Trinajstić information content (AvgIpc) is 3.52. The lowest BCUT2D eigenvalue weighted by atomic mass is 9.85. The lowest BCUT2D eigenvalue weighted by molar-refractivity contribution is 1.28. The fourth-order valence-electron chi connectivity index (χ4n) is 6.95. The van der Waals surface area contributed by atoms with E-state index in [1.165, 1.54) is 64.0 Å². The normalized spacial score (nSPS) is 11.5. The van der Waals surface area contributed by atoms with E-state index < -0.39 is 0 Å². The lowest BCUT2D eigenvalue weighted by Crippen LogP contribution is -2.09. The first-order valence-corrected chi connectivity index (χ1v) is 16.4. The van der Waals surface area contributed by atoms with Crippen LogP contribution in [0.3, 0.4) is 0 Å². The molecule has 0 N–H and O–H groups in total. The Morgan fingerprint density at radius 2 is 0.913 bits per heavy atom. The molecule has 0 saturated carbocycles. The number of hydrogen-bond donors (Lipinski definition) is 0. The molecule has 9 rings (SSSR count). The van der Waals surface area contributed by atoms with Crippen molar-refractivity contribution in [3.63, 3.8) is 0 Å². The molecule has 3 heteroatoms. The number of nitrogens with zero attached hydrogens (tertiary/aromatic N) is 2. The Morgan fingerprint density at radius 1 is 0.391 bits per heavy atom. The topological polar surface area (TPSA) is 16.1 Å².